The van der Waals surface area contributed by atoms with Gasteiger partial charge < -0.3 is 15.2 Å². The van der Waals surface area contributed by atoms with Crippen molar-refractivity contribution in [3.63, 3.8) is 0 Å². The number of unbranched alkanes of at least 4 members (excludes halogenated alkanes) is 10. The molecular formula is C31H46FN3O4. The van der Waals surface area contributed by atoms with Crippen LogP contribution in [0, 0.1) is 19.7 Å². The maximum Gasteiger partial charge on any atom is 0.326 e. The maximum absolute atomic E-state index is 13.3. The van der Waals surface area contributed by atoms with Crippen LogP contribution in [-0.2, 0) is 15.0 Å². The maximum atomic E-state index is 13.3. The molecule has 2 rings (SSSR count). The number of halogens is 1. The molecule has 0 saturated heterocycles. The van der Waals surface area contributed by atoms with Crippen molar-refractivity contribution in [1.29, 1.82) is 0 Å². The number of carbonyl (C=O) groups is 2. The van der Waals surface area contributed by atoms with Gasteiger partial charge in [0.05, 0.1) is 12.6 Å². The first kappa shape index (κ1) is 32.2. The minimum atomic E-state index is -0.787. The van der Waals surface area contributed by atoms with E-state index in [4.69, 9.17) is 15.2 Å². The van der Waals surface area contributed by atoms with Gasteiger partial charge in [-0.1, -0.05) is 91.0 Å². The van der Waals surface area contributed by atoms with Gasteiger partial charge in [-0.05, 0) is 37.5 Å². The zero-order valence-corrected chi connectivity index (χ0v) is 24.4. The van der Waals surface area contributed by atoms with Gasteiger partial charge in [0.15, 0.2) is 11.6 Å². The molecule has 0 fully saturated rings. The lowest BCUT2D eigenvalue weighted by atomic mass is 9.78. The van der Waals surface area contributed by atoms with Crippen molar-refractivity contribution in [2.75, 3.05) is 5.73 Å². The summed E-state index contributed by atoms with van der Waals surface area (Å²) in [7, 11) is 0. The Balaban J connectivity index is 1.89. The van der Waals surface area contributed by atoms with E-state index in [9.17, 15) is 14.0 Å². The van der Waals surface area contributed by atoms with E-state index in [1.807, 2.05) is 39.8 Å². The Kier molecular flexibility index (Phi) is 13.3. The van der Waals surface area contributed by atoms with Crippen molar-refractivity contribution in [3.8, 4) is 11.8 Å². The number of aromatic nitrogens is 2. The Labute approximate surface area is 233 Å². The number of esters is 2. The quantitative estimate of drug-likeness (QED) is 0.124. The highest BCUT2D eigenvalue weighted by atomic mass is 19.1. The average molecular weight is 544 g/mol. The van der Waals surface area contributed by atoms with Gasteiger partial charge in [0.2, 0.25) is 0 Å². The van der Waals surface area contributed by atoms with Crippen LogP contribution in [0.5, 0.6) is 11.8 Å². The number of aryl methyl sites for hydroxylation is 2. The number of benzene rings is 1. The molecule has 0 atom stereocenters. The third-order valence-corrected chi connectivity index (χ3v) is 6.87. The molecule has 39 heavy (non-hydrogen) atoms. The van der Waals surface area contributed by atoms with Gasteiger partial charge in [-0.15, -0.1) is 0 Å². The minimum absolute atomic E-state index is 0.0410. The fourth-order valence-corrected chi connectivity index (χ4v) is 4.98. The van der Waals surface area contributed by atoms with E-state index in [2.05, 4.69) is 16.9 Å². The normalized spacial score (nSPS) is 11.4. The second kappa shape index (κ2) is 16.2. The summed E-state index contributed by atoms with van der Waals surface area (Å²) >= 11 is 0. The van der Waals surface area contributed by atoms with E-state index in [0.717, 1.165) is 42.1 Å². The number of rotatable bonds is 17. The molecule has 0 radical (unpaired) electrons. The van der Waals surface area contributed by atoms with Gasteiger partial charge >= 0.3 is 17.9 Å². The SMILES string of the molecule is CCCCCCCCCCCCCC(=O)Oc1cc(C)cc(C)c1C(C)(C)CC(=O)Oc1ncc(F)c(N)n1. The molecule has 1 aromatic carbocycles. The van der Waals surface area contributed by atoms with Crippen LogP contribution in [-0.4, -0.2) is 21.9 Å². The molecular weight excluding hydrogens is 497 g/mol. The summed E-state index contributed by atoms with van der Waals surface area (Å²) in [6.45, 7) is 9.87. The van der Waals surface area contributed by atoms with Crippen LogP contribution in [0.2, 0.25) is 0 Å². The predicted molar refractivity (Wildman–Crippen MR) is 152 cm³/mol. The summed E-state index contributed by atoms with van der Waals surface area (Å²) in [5, 5.41) is 0. The molecule has 216 valence electrons. The second-order valence-corrected chi connectivity index (χ2v) is 11.1. The first-order valence-electron chi connectivity index (χ1n) is 14.3. The summed E-state index contributed by atoms with van der Waals surface area (Å²) < 4.78 is 24.4. The first-order chi connectivity index (χ1) is 18.5. The van der Waals surface area contributed by atoms with E-state index in [1.54, 1.807) is 0 Å². The third kappa shape index (κ3) is 11.3. The van der Waals surface area contributed by atoms with Gasteiger partial charge in [0.1, 0.15) is 5.75 Å². The molecule has 0 spiro atoms. The van der Waals surface area contributed by atoms with Gasteiger partial charge in [0, 0.05) is 17.4 Å². The largest absolute Gasteiger partial charge is 0.426 e. The van der Waals surface area contributed by atoms with Crippen molar-refractivity contribution >= 4 is 17.8 Å². The third-order valence-electron chi connectivity index (χ3n) is 6.87. The molecule has 1 heterocycles. The number of nitrogens with two attached hydrogens (primary N) is 1. The Morgan fingerprint density at radius 3 is 2.08 bits per heavy atom. The fraction of sp³-hybridized carbons (Fsp3) is 0.613. The fourth-order valence-electron chi connectivity index (χ4n) is 4.98. The first-order valence-corrected chi connectivity index (χ1v) is 14.3. The van der Waals surface area contributed by atoms with Crippen molar-refractivity contribution in [3.05, 3.63) is 40.8 Å². The van der Waals surface area contributed by atoms with Gasteiger partial charge in [-0.3, -0.25) is 9.59 Å². The highest BCUT2D eigenvalue weighted by Gasteiger charge is 2.31. The van der Waals surface area contributed by atoms with Crippen molar-refractivity contribution in [1.82, 2.24) is 9.97 Å². The number of ether oxygens (including phenoxy) is 2. The highest BCUT2D eigenvalue weighted by molar-refractivity contribution is 5.75. The van der Waals surface area contributed by atoms with E-state index in [-0.39, 0.29) is 18.4 Å². The van der Waals surface area contributed by atoms with E-state index in [0.29, 0.717) is 12.2 Å². The molecule has 7 nitrogen and oxygen atoms in total. The summed E-state index contributed by atoms with van der Waals surface area (Å²) in [5.74, 6) is -1.60. The minimum Gasteiger partial charge on any atom is -0.426 e. The van der Waals surface area contributed by atoms with Crippen LogP contribution in [0.3, 0.4) is 0 Å². The monoisotopic (exact) mass is 543 g/mol. The summed E-state index contributed by atoms with van der Waals surface area (Å²) in [5.41, 5.74) is 7.34. The molecule has 0 aliphatic carbocycles. The Morgan fingerprint density at radius 2 is 1.49 bits per heavy atom. The molecule has 8 heteroatoms. The zero-order valence-electron chi connectivity index (χ0n) is 24.4. The number of anilines is 1. The van der Waals surface area contributed by atoms with Gasteiger partial charge in [-0.25, -0.2) is 9.37 Å². The molecule has 0 aliphatic heterocycles. The number of hydrogen-bond acceptors (Lipinski definition) is 7. The lowest BCUT2D eigenvalue weighted by molar-refractivity contribution is -0.136. The van der Waals surface area contributed by atoms with Crippen LogP contribution >= 0.6 is 0 Å². The van der Waals surface area contributed by atoms with Crippen LogP contribution in [0.15, 0.2) is 18.3 Å². The summed E-state index contributed by atoms with van der Waals surface area (Å²) in [6.07, 6.45) is 14.5. The molecule has 0 aliphatic rings. The lowest BCUT2D eigenvalue weighted by Gasteiger charge is -2.28. The van der Waals surface area contributed by atoms with Crippen LogP contribution in [0.4, 0.5) is 10.2 Å². The Hall–Kier alpha value is -3.03. The smallest absolute Gasteiger partial charge is 0.326 e. The Morgan fingerprint density at radius 1 is 0.897 bits per heavy atom. The van der Waals surface area contributed by atoms with Crippen LogP contribution in [0.25, 0.3) is 0 Å². The van der Waals surface area contributed by atoms with Crippen molar-refractivity contribution in [2.24, 2.45) is 0 Å². The average Bonchev–Trinajstić information content (AvgIpc) is 2.83. The summed E-state index contributed by atoms with van der Waals surface area (Å²) in [6, 6.07) is 3.51. The predicted octanol–water partition coefficient (Wildman–Crippen LogP) is 7.69. The molecule has 0 unspecified atom stereocenters. The topological polar surface area (TPSA) is 104 Å². The highest BCUT2D eigenvalue weighted by Crippen LogP contribution is 2.38. The van der Waals surface area contributed by atoms with Crippen LogP contribution in [0.1, 0.15) is 121 Å². The number of hydrogen-bond donors (Lipinski definition) is 1. The molecule has 2 aromatic rings. The second-order valence-electron chi connectivity index (χ2n) is 11.1. The van der Waals surface area contributed by atoms with Crippen molar-refractivity contribution < 1.29 is 23.5 Å². The zero-order chi connectivity index (χ0) is 28.8. The molecule has 2 N–H and O–H groups in total. The molecule has 0 bridgehead atoms. The lowest BCUT2D eigenvalue weighted by Crippen LogP contribution is -2.27. The number of carbonyl (C=O) groups excluding carboxylic acids is 2. The standard InChI is InChI=1S/C31H46FN3O4/c1-6-7-8-9-10-11-12-13-14-15-16-17-26(36)38-25-19-22(2)18-23(3)28(25)31(4,5)20-27(37)39-30-34-21-24(32)29(33)35-30/h18-19,21H,6-17,20H2,1-5H3,(H2,33,34,35). The van der Waals surface area contributed by atoms with E-state index < -0.39 is 23.0 Å². The van der Waals surface area contributed by atoms with Gasteiger partial charge in [0.25, 0.3) is 0 Å². The molecule has 1 aromatic heterocycles. The number of nitrogens with zero attached hydrogens (tertiary/aromatic N) is 2. The molecule has 0 saturated carbocycles. The van der Waals surface area contributed by atoms with Crippen molar-refractivity contribution in [2.45, 2.75) is 124 Å². The Bertz CT molecular complexity index is 1090. The summed E-state index contributed by atoms with van der Waals surface area (Å²) in [4.78, 5) is 32.7. The molecule has 0 amide bonds. The van der Waals surface area contributed by atoms with E-state index >= 15 is 0 Å². The van der Waals surface area contributed by atoms with Crippen LogP contribution < -0.4 is 15.2 Å². The van der Waals surface area contributed by atoms with E-state index in [1.165, 1.54) is 51.4 Å². The number of nitrogen functional groups attached to an aromatic ring is 1. The van der Waals surface area contributed by atoms with Gasteiger partial charge in [-0.2, -0.15) is 4.98 Å².